The molecule has 1 N–H and O–H groups in total. The third kappa shape index (κ3) is 5.69. The number of halogens is 2. The molecule has 9 heteroatoms. The highest BCUT2D eigenvalue weighted by molar-refractivity contribution is 7.98. The predicted octanol–water partition coefficient (Wildman–Crippen LogP) is 4.51. The molecule has 0 radical (unpaired) electrons. The van der Waals surface area contributed by atoms with Gasteiger partial charge in [0.05, 0.1) is 7.11 Å². The highest BCUT2D eigenvalue weighted by atomic mass is 32.2. The fourth-order valence-electron chi connectivity index (χ4n) is 2.71. The Morgan fingerprint density at radius 3 is 2.45 bits per heavy atom. The quantitative estimate of drug-likeness (QED) is 0.311. The number of nitrogens with one attached hydrogen (secondary N) is 1. The third-order valence-electron chi connectivity index (χ3n) is 4.32. The first-order valence-corrected chi connectivity index (χ1v) is 10.4. The topological polar surface area (TPSA) is 67.3 Å². The molecule has 0 saturated heterocycles. The van der Waals surface area contributed by atoms with Crippen LogP contribution in [0.15, 0.2) is 53.6 Å². The first kappa shape index (κ1) is 22.5. The zero-order valence-electron chi connectivity index (χ0n) is 17.4. The highest BCUT2D eigenvalue weighted by Crippen LogP contribution is 2.31. The van der Waals surface area contributed by atoms with Crippen molar-refractivity contribution in [3.63, 3.8) is 0 Å². The van der Waals surface area contributed by atoms with Gasteiger partial charge < -0.3 is 15.0 Å². The number of benzene rings is 2. The molecule has 1 aromatic heterocycles. The molecule has 0 aliphatic heterocycles. The number of thioether (sulfide) groups is 1. The second-order valence-electron chi connectivity index (χ2n) is 6.81. The van der Waals surface area contributed by atoms with Crippen LogP contribution in [0.3, 0.4) is 0 Å². The summed E-state index contributed by atoms with van der Waals surface area (Å²) in [6, 6.07) is 13.4. The van der Waals surface area contributed by atoms with Crippen LogP contribution in [-0.4, -0.2) is 37.1 Å². The van der Waals surface area contributed by atoms with E-state index in [4.69, 9.17) is 4.74 Å². The summed E-state index contributed by atoms with van der Waals surface area (Å²) in [7, 11) is 4.86. The van der Waals surface area contributed by atoms with Crippen LogP contribution in [0.5, 0.6) is 0 Å². The number of ether oxygens (including phenoxy) is 1. The number of rotatable bonds is 8. The fraction of sp³-hybridized carbons (Fsp3) is 0.227. The number of hydrogen-bond acceptors (Lipinski definition) is 7. The van der Waals surface area contributed by atoms with Crippen molar-refractivity contribution in [3.05, 3.63) is 76.9 Å². The van der Waals surface area contributed by atoms with E-state index in [9.17, 15) is 13.6 Å². The Hall–Kier alpha value is -3.20. The largest absolute Gasteiger partial charge is 0.465 e. The average Bonchev–Trinajstić information content (AvgIpc) is 2.78. The van der Waals surface area contributed by atoms with Crippen molar-refractivity contribution >= 4 is 29.5 Å². The van der Waals surface area contributed by atoms with Gasteiger partial charge in [-0.15, -0.1) is 11.8 Å². The summed E-state index contributed by atoms with van der Waals surface area (Å²) in [4.78, 5) is 23.3. The SMILES string of the molecule is COC(=O)c1c(NCc2ccc(F)c(F)c2)nc(N(C)C)nc1SCc1ccccc1. The Labute approximate surface area is 183 Å². The molecule has 0 bridgehead atoms. The number of esters is 1. The van der Waals surface area contributed by atoms with Crippen LogP contribution in [0, 0.1) is 11.6 Å². The Bertz CT molecular complexity index is 1060. The monoisotopic (exact) mass is 444 g/mol. The van der Waals surface area contributed by atoms with Crippen LogP contribution in [0.25, 0.3) is 0 Å². The number of aromatic nitrogens is 2. The number of hydrogen-bond donors (Lipinski definition) is 1. The van der Waals surface area contributed by atoms with E-state index < -0.39 is 17.6 Å². The minimum Gasteiger partial charge on any atom is -0.465 e. The molecular weight excluding hydrogens is 422 g/mol. The minimum atomic E-state index is -0.941. The second kappa shape index (κ2) is 10.2. The molecule has 3 aromatic rings. The molecule has 31 heavy (non-hydrogen) atoms. The number of anilines is 2. The Morgan fingerprint density at radius 1 is 1.06 bits per heavy atom. The molecule has 1 heterocycles. The molecule has 6 nitrogen and oxygen atoms in total. The zero-order valence-corrected chi connectivity index (χ0v) is 18.2. The number of methoxy groups -OCH3 is 1. The summed E-state index contributed by atoms with van der Waals surface area (Å²) < 4.78 is 31.7. The van der Waals surface area contributed by atoms with Crippen molar-refractivity contribution in [2.75, 3.05) is 31.4 Å². The Kier molecular flexibility index (Phi) is 7.41. The van der Waals surface area contributed by atoms with Crippen molar-refractivity contribution in [2.45, 2.75) is 17.3 Å². The summed E-state index contributed by atoms with van der Waals surface area (Å²) >= 11 is 1.39. The normalized spacial score (nSPS) is 10.6. The molecule has 0 unspecified atom stereocenters. The van der Waals surface area contributed by atoms with E-state index in [2.05, 4.69) is 15.3 Å². The van der Waals surface area contributed by atoms with Gasteiger partial charge in [0.15, 0.2) is 11.6 Å². The van der Waals surface area contributed by atoms with Gasteiger partial charge in [-0.1, -0.05) is 36.4 Å². The lowest BCUT2D eigenvalue weighted by molar-refractivity contribution is 0.0596. The van der Waals surface area contributed by atoms with Crippen LogP contribution in [0.2, 0.25) is 0 Å². The van der Waals surface area contributed by atoms with Crippen LogP contribution in [0.4, 0.5) is 20.5 Å². The van der Waals surface area contributed by atoms with Gasteiger partial charge in [-0.3, -0.25) is 0 Å². The lowest BCUT2D eigenvalue weighted by atomic mass is 10.2. The van der Waals surface area contributed by atoms with Gasteiger partial charge in [-0.05, 0) is 23.3 Å². The van der Waals surface area contributed by atoms with E-state index >= 15 is 0 Å². The summed E-state index contributed by atoms with van der Waals surface area (Å²) in [6.45, 7) is 0.133. The van der Waals surface area contributed by atoms with E-state index in [0.29, 0.717) is 22.3 Å². The Balaban J connectivity index is 1.95. The molecule has 0 fully saturated rings. The molecule has 0 atom stereocenters. The first-order valence-electron chi connectivity index (χ1n) is 9.41. The molecule has 0 saturated carbocycles. The maximum atomic E-state index is 13.6. The summed E-state index contributed by atoms with van der Waals surface area (Å²) in [5, 5.41) is 3.50. The van der Waals surface area contributed by atoms with Gasteiger partial charge in [0, 0.05) is 26.4 Å². The van der Waals surface area contributed by atoms with E-state index in [1.165, 1.54) is 24.9 Å². The zero-order chi connectivity index (χ0) is 22.4. The van der Waals surface area contributed by atoms with Crippen molar-refractivity contribution in [1.29, 1.82) is 0 Å². The predicted molar refractivity (Wildman–Crippen MR) is 117 cm³/mol. The number of carbonyl (C=O) groups is 1. The molecule has 0 aliphatic rings. The van der Waals surface area contributed by atoms with Gasteiger partial charge in [0.1, 0.15) is 16.4 Å². The fourth-order valence-corrected chi connectivity index (χ4v) is 3.68. The van der Waals surface area contributed by atoms with Crippen molar-refractivity contribution in [1.82, 2.24) is 9.97 Å². The number of nitrogens with zero attached hydrogens (tertiary/aromatic N) is 3. The van der Waals surface area contributed by atoms with Gasteiger partial charge >= 0.3 is 5.97 Å². The van der Waals surface area contributed by atoms with E-state index in [0.717, 1.165) is 17.7 Å². The summed E-state index contributed by atoms with van der Waals surface area (Å²) in [5.74, 6) is -1.20. The highest BCUT2D eigenvalue weighted by Gasteiger charge is 2.23. The van der Waals surface area contributed by atoms with E-state index in [-0.39, 0.29) is 17.9 Å². The van der Waals surface area contributed by atoms with Crippen LogP contribution >= 0.6 is 11.8 Å². The smallest absolute Gasteiger partial charge is 0.344 e. The van der Waals surface area contributed by atoms with Crippen molar-refractivity contribution in [2.24, 2.45) is 0 Å². The van der Waals surface area contributed by atoms with Crippen LogP contribution in [-0.2, 0) is 17.0 Å². The molecule has 0 aliphatic carbocycles. The van der Waals surface area contributed by atoms with Gasteiger partial charge in [0.25, 0.3) is 0 Å². The lowest BCUT2D eigenvalue weighted by Crippen LogP contribution is -2.18. The molecule has 3 rings (SSSR count). The average molecular weight is 445 g/mol. The van der Waals surface area contributed by atoms with E-state index in [1.807, 2.05) is 30.3 Å². The Morgan fingerprint density at radius 2 is 1.81 bits per heavy atom. The van der Waals surface area contributed by atoms with Gasteiger partial charge in [0.2, 0.25) is 5.95 Å². The molecule has 0 spiro atoms. The van der Waals surface area contributed by atoms with Crippen molar-refractivity contribution < 1.29 is 18.3 Å². The maximum absolute atomic E-state index is 13.6. The third-order valence-corrected chi connectivity index (χ3v) is 5.36. The standard InChI is InChI=1S/C22H22F2N4O2S/c1-28(2)22-26-19(25-12-15-9-10-16(23)17(24)11-15)18(21(29)30-3)20(27-22)31-13-14-7-5-4-6-8-14/h4-11H,12-13H2,1-3H3,(H,25,26,27). The minimum absolute atomic E-state index is 0.133. The lowest BCUT2D eigenvalue weighted by Gasteiger charge is -2.18. The van der Waals surface area contributed by atoms with Crippen LogP contribution < -0.4 is 10.2 Å². The molecule has 0 amide bonds. The van der Waals surface area contributed by atoms with Gasteiger partial charge in [-0.25, -0.2) is 18.6 Å². The summed E-state index contributed by atoms with van der Waals surface area (Å²) in [5.41, 5.74) is 1.76. The second-order valence-corrected chi connectivity index (χ2v) is 7.78. The molecule has 2 aromatic carbocycles. The van der Waals surface area contributed by atoms with Crippen molar-refractivity contribution in [3.8, 4) is 0 Å². The summed E-state index contributed by atoms with van der Waals surface area (Å²) in [6.07, 6.45) is 0. The molecular formula is C22H22F2N4O2S. The number of carbonyl (C=O) groups excluding carboxylic acids is 1. The van der Waals surface area contributed by atoms with E-state index in [1.54, 1.807) is 19.0 Å². The molecule has 162 valence electrons. The van der Waals surface area contributed by atoms with Gasteiger partial charge in [-0.2, -0.15) is 4.98 Å². The first-order chi connectivity index (χ1) is 14.9. The maximum Gasteiger partial charge on any atom is 0.344 e. The van der Waals surface area contributed by atoms with Crippen LogP contribution in [0.1, 0.15) is 21.5 Å².